The molecule has 1 aromatic heterocycles. The SMILES string of the molecule is C=CC1SC2=C(C(C)c3cc4c(cc32)C(C)c2c-4sc(F)c2F)C1F. The lowest BCUT2D eigenvalue weighted by molar-refractivity contribution is 0.385. The minimum Gasteiger partial charge on any atom is -0.241 e. The Morgan fingerprint density at radius 3 is 2.48 bits per heavy atom. The number of benzene rings is 1. The highest BCUT2D eigenvalue weighted by molar-refractivity contribution is 8.09. The Morgan fingerprint density at radius 1 is 1.08 bits per heavy atom. The summed E-state index contributed by atoms with van der Waals surface area (Å²) in [5, 5.41) is -0.982. The molecule has 0 N–H and O–H groups in total. The van der Waals surface area contributed by atoms with Gasteiger partial charge in [-0.05, 0) is 40.0 Å². The zero-order chi connectivity index (χ0) is 17.6. The van der Waals surface area contributed by atoms with E-state index in [0.717, 1.165) is 44.1 Å². The Hall–Kier alpha value is -1.46. The standard InChI is InChI=1S/C20H15F3S2/c1-4-13-16(21)14-7(2)9-6-12-10(5-11(9)18(14)24-13)8(3)15-17(22)20(23)25-19(12)15/h4-8,13,16H,1H2,2-3H3. The maximum absolute atomic E-state index is 14.8. The smallest absolute Gasteiger partial charge is 0.213 e. The first-order valence-corrected chi connectivity index (χ1v) is 9.97. The summed E-state index contributed by atoms with van der Waals surface area (Å²) >= 11 is 2.40. The van der Waals surface area contributed by atoms with E-state index in [-0.39, 0.29) is 17.1 Å². The van der Waals surface area contributed by atoms with Gasteiger partial charge in [-0.3, -0.25) is 0 Å². The molecule has 0 saturated heterocycles. The van der Waals surface area contributed by atoms with E-state index < -0.39 is 17.1 Å². The van der Waals surface area contributed by atoms with Crippen molar-refractivity contribution in [3.8, 4) is 10.4 Å². The maximum atomic E-state index is 14.8. The summed E-state index contributed by atoms with van der Waals surface area (Å²) in [6.07, 6.45) is 0.658. The van der Waals surface area contributed by atoms with Crippen molar-refractivity contribution >= 4 is 28.0 Å². The lowest BCUT2D eigenvalue weighted by Gasteiger charge is -2.18. The van der Waals surface area contributed by atoms with E-state index >= 15 is 0 Å². The molecule has 2 heterocycles. The molecule has 3 aliphatic rings. The van der Waals surface area contributed by atoms with Crippen LogP contribution in [0.1, 0.15) is 47.9 Å². The molecule has 0 bridgehead atoms. The van der Waals surface area contributed by atoms with Crippen molar-refractivity contribution in [1.29, 1.82) is 0 Å². The minimum atomic E-state index is -1.01. The van der Waals surface area contributed by atoms with E-state index in [1.807, 2.05) is 19.9 Å². The van der Waals surface area contributed by atoms with Gasteiger partial charge in [-0.1, -0.05) is 19.9 Å². The predicted octanol–water partition coefficient (Wildman–Crippen LogP) is 6.63. The van der Waals surface area contributed by atoms with Gasteiger partial charge in [-0.15, -0.1) is 29.7 Å². The van der Waals surface area contributed by atoms with Crippen molar-refractivity contribution in [2.75, 3.05) is 0 Å². The molecule has 0 spiro atoms. The molecule has 5 rings (SSSR count). The molecule has 0 nitrogen and oxygen atoms in total. The second-order valence-corrected chi connectivity index (χ2v) is 9.07. The summed E-state index contributed by atoms with van der Waals surface area (Å²) in [6.45, 7) is 7.67. The highest BCUT2D eigenvalue weighted by Gasteiger charge is 2.44. The van der Waals surface area contributed by atoms with Gasteiger partial charge < -0.3 is 0 Å². The number of rotatable bonds is 1. The van der Waals surface area contributed by atoms with Gasteiger partial charge >= 0.3 is 0 Å². The molecule has 0 saturated carbocycles. The summed E-state index contributed by atoms with van der Waals surface area (Å²) in [7, 11) is 0. The number of hydrogen-bond donors (Lipinski definition) is 0. The molecule has 128 valence electrons. The summed E-state index contributed by atoms with van der Waals surface area (Å²) in [5.74, 6) is -0.918. The second-order valence-electron chi connectivity index (χ2n) is 6.91. The molecule has 0 radical (unpaired) electrons. The fraction of sp³-hybridized carbons (Fsp3) is 0.300. The van der Waals surface area contributed by atoms with Crippen LogP contribution >= 0.6 is 23.1 Å². The Morgan fingerprint density at radius 2 is 1.76 bits per heavy atom. The van der Waals surface area contributed by atoms with Crippen molar-refractivity contribution in [2.24, 2.45) is 0 Å². The van der Waals surface area contributed by atoms with Crippen LogP contribution in [-0.2, 0) is 0 Å². The normalized spacial score (nSPS) is 28.8. The average Bonchev–Trinajstić information content (AvgIpc) is 3.25. The lowest BCUT2D eigenvalue weighted by Crippen LogP contribution is -2.16. The monoisotopic (exact) mass is 376 g/mol. The molecule has 5 heteroatoms. The Kier molecular flexibility index (Phi) is 3.18. The number of thioether (sulfide) groups is 1. The van der Waals surface area contributed by atoms with E-state index in [0.29, 0.717) is 10.4 Å². The van der Waals surface area contributed by atoms with Gasteiger partial charge in [0.15, 0.2) is 5.82 Å². The number of halogens is 3. The second kappa shape index (κ2) is 5.04. The Balaban J connectivity index is 1.70. The largest absolute Gasteiger partial charge is 0.241 e. The van der Waals surface area contributed by atoms with Crippen molar-refractivity contribution < 1.29 is 13.2 Å². The predicted molar refractivity (Wildman–Crippen MR) is 99.0 cm³/mol. The molecule has 4 atom stereocenters. The molecule has 0 fully saturated rings. The molecule has 4 unspecified atom stereocenters. The Labute approximate surface area is 152 Å². The van der Waals surface area contributed by atoms with Crippen molar-refractivity contribution in [3.05, 3.63) is 63.6 Å². The summed E-state index contributed by atoms with van der Waals surface area (Å²) < 4.78 is 42.7. The quantitative estimate of drug-likeness (QED) is 0.504. The van der Waals surface area contributed by atoms with Crippen LogP contribution in [0.2, 0.25) is 0 Å². The highest BCUT2D eigenvalue weighted by Crippen LogP contribution is 2.60. The van der Waals surface area contributed by atoms with Gasteiger partial charge in [0, 0.05) is 27.2 Å². The first-order valence-electron chi connectivity index (χ1n) is 8.27. The molecule has 25 heavy (non-hydrogen) atoms. The van der Waals surface area contributed by atoms with E-state index in [9.17, 15) is 13.2 Å². The van der Waals surface area contributed by atoms with Gasteiger partial charge in [0.05, 0.1) is 5.25 Å². The Bertz CT molecular complexity index is 985. The van der Waals surface area contributed by atoms with Crippen molar-refractivity contribution in [1.82, 2.24) is 0 Å². The highest BCUT2D eigenvalue weighted by atomic mass is 32.2. The zero-order valence-electron chi connectivity index (χ0n) is 13.7. The fourth-order valence-electron chi connectivity index (χ4n) is 4.44. The third-order valence-electron chi connectivity index (χ3n) is 5.72. The van der Waals surface area contributed by atoms with Crippen LogP contribution in [0.25, 0.3) is 15.3 Å². The van der Waals surface area contributed by atoms with Crippen LogP contribution in [0.3, 0.4) is 0 Å². The molecule has 0 amide bonds. The van der Waals surface area contributed by atoms with E-state index in [1.54, 1.807) is 6.08 Å². The van der Waals surface area contributed by atoms with Crippen LogP contribution in [0.4, 0.5) is 13.2 Å². The first-order chi connectivity index (χ1) is 11.9. The first kappa shape index (κ1) is 15.8. The van der Waals surface area contributed by atoms with Crippen LogP contribution in [-0.4, -0.2) is 11.4 Å². The van der Waals surface area contributed by atoms with Gasteiger partial charge in [0.2, 0.25) is 5.13 Å². The topological polar surface area (TPSA) is 0 Å². The summed E-state index contributed by atoms with van der Waals surface area (Å²) in [4.78, 5) is 1.70. The minimum absolute atomic E-state index is 0.0169. The molecular weight excluding hydrogens is 361 g/mol. The summed E-state index contributed by atoms with van der Waals surface area (Å²) in [5.41, 5.74) is 5.34. The third kappa shape index (κ3) is 1.81. The van der Waals surface area contributed by atoms with Crippen molar-refractivity contribution in [3.63, 3.8) is 0 Å². The van der Waals surface area contributed by atoms with E-state index in [2.05, 4.69) is 12.6 Å². The molecule has 1 aliphatic heterocycles. The number of thiophene rings is 1. The number of allylic oxidation sites excluding steroid dienone is 1. The average molecular weight is 376 g/mol. The summed E-state index contributed by atoms with van der Waals surface area (Å²) in [6, 6.07) is 4.10. The fourth-order valence-corrected chi connectivity index (χ4v) is 6.84. The van der Waals surface area contributed by atoms with Crippen molar-refractivity contribution in [2.45, 2.75) is 37.1 Å². The molecule has 2 aliphatic carbocycles. The maximum Gasteiger partial charge on any atom is 0.213 e. The molecule has 2 aromatic rings. The van der Waals surface area contributed by atoms with Crippen LogP contribution < -0.4 is 0 Å². The van der Waals surface area contributed by atoms with E-state index in [4.69, 9.17) is 0 Å². The van der Waals surface area contributed by atoms with Crippen LogP contribution in [0.15, 0.2) is 30.4 Å². The number of fused-ring (bicyclic) bond motifs is 5. The van der Waals surface area contributed by atoms with Crippen LogP contribution in [0, 0.1) is 10.9 Å². The van der Waals surface area contributed by atoms with Gasteiger partial charge in [0.1, 0.15) is 6.17 Å². The van der Waals surface area contributed by atoms with E-state index in [1.165, 1.54) is 11.8 Å². The zero-order valence-corrected chi connectivity index (χ0v) is 15.3. The van der Waals surface area contributed by atoms with Gasteiger partial charge in [-0.25, -0.2) is 8.78 Å². The van der Waals surface area contributed by atoms with Crippen LogP contribution in [0.5, 0.6) is 0 Å². The molecule has 1 aromatic carbocycles. The molecular formula is C20H15F3S2. The van der Waals surface area contributed by atoms with Gasteiger partial charge in [0.25, 0.3) is 0 Å². The van der Waals surface area contributed by atoms with Gasteiger partial charge in [-0.2, -0.15) is 4.39 Å². The number of alkyl halides is 1. The number of hydrogen-bond acceptors (Lipinski definition) is 2. The lowest BCUT2D eigenvalue weighted by atomic mass is 9.91. The third-order valence-corrected chi connectivity index (χ3v) is 8.12.